The van der Waals surface area contributed by atoms with Gasteiger partial charge in [-0.25, -0.2) is 0 Å². The van der Waals surface area contributed by atoms with Gasteiger partial charge in [0.25, 0.3) is 0 Å². The summed E-state index contributed by atoms with van der Waals surface area (Å²) in [6.07, 6.45) is 3.19. The highest BCUT2D eigenvalue weighted by Crippen LogP contribution is 2.22. The van der Waals surface area contributed by atoms with E-state index in [4.69, 9.17) is 0 Å². The van der Waals surface area contributed by atoms with Crippen molar-refractivity contribution in [3.63, 3.8) is 0 Å². The third-order valence-corrected chi connectivity index (χ3v) is 4.67. The van der Waals surface area contributed by atoms with Crippen LogP contribution in [-0.4, -0.2) is 9.78 Å². The van der Waals surface area contributed by atoms with Crippen molar-refractivity contribution < 1.29 is 0 Å². The summed E-state index contributed by atoms with van der Waals surface area (Å²) in [5.74, 6) is 0. The molecule has 2 unspecified atom stereocenters. The summed E-state index contributed by atoms with van der Waals surface area (Å²) in [6, 6.07) is 7.34. The molecule has 0 aliphatic carbocycles. The lowest BCUT2D eigenvalue weighted by atomic mass is 10.2. The second kappa shape index (κ2) is 6.35. The molecule has 0 aliphatic rings. The Morgan fingerprint density at radius 1 is 1.32 bits per heavy atom. The number of aryl methyl sites for hydroxylation is 1. The summed E-state index contributed by atoms with van der Waals surface area (Å²) in [5.41, 5.74) is 1.11. The number of rotatable bonds is 6. The van der Waals surface area contributed by atoms with Crippen LogP contribution >= 0.6 is 11.3 Å². The van der Waals surface area contributed by atoms with Crippen LogP contribution in [0.4, 0.5) is 0 Å². The summed E-state index contributed by atoms with van der Waals surface area (Å²) in [7, 11) is 0. The average Bonchev–Trinajstić information content (AvgIpc) is 3.04. The third kappa shape index (κ3) is 3.67. The van der Waals surface area contributed by atoms with Gasteiger partial charge in [-0.15, -0.1) is 11.3 Å². The van der Waals surface area contributed by atoms with Gasteiger partial charge in [0.2, 0.25) is 0 Å². The van der Waals surface area contributed by atoms with Crippen LogP contribution in [0.25, 0.3) is 0 Å². The fourth-order valence-corrected chi connectivity index (χ4v) is 2.85. The van der Waals surface area contributed by atoms with Crippen LogP contribution in [0.3, 0.4) is 0 Å². The standard InChI is InChI=1S/C15H23N3S/c1-5-11(2)18-9-8-14(17-18)10-16-13(4)15-7-6-12(3)19-15/h6-9,11,13,16H,5,10H2,1-4H3. The fourth-order valence-electron chi connectivity index (χ4n) is 1.95. The molecular formula is C15H23N3S. The van der Waals surface area contributed by atoms with E-state index in [1.807, 2.05) is 11.3 Å². The van der Waals surface area contributed by atoms with Crippen LogP contribution in [-0.2, 0) is 6.54 Å². The van der Waals surface area contributed by atoms with Gasteiger partial charge in [0, 0.05) is 34.6 Å². The maximum absolute atomic E-state index is 4.61. The van der Waals surface area contributed by atoms with Gasteiger partial charge in [-0.05, 0) is 45.4 Å². The Morgan fingerprint density at radius 3 is 2.74 bits per heavy atom. The Hall–Kier alpha value is -1.13. The molecule has 0 radical (unpaired) electrons. The van der Waals surface area contributed by atoms with Gasteiger partial charge in [-0.1, -0.05) is 6.92 Å². The highest BCUT2D eigenvalue weighted by Gasteiger charge is 2.09. The Labute approximate surface area is 119 Å². The largest absolute Gasteiger partial charge is 0.304 e. The molecule has 19 heavy (non-hydrogen) atoms. The van der Waals surface area contributed by atoms with Gasteiger partial charge in [-0.2, -0.15) is 5.10 Å². The molecule has 2 aromatic heterocycles. The minimum absolute atomic E-state index is 0.382. The number of hydrogen-bond donors (Lipinski definition) is 1. The normalized spacial score (nSPS) is 14.5. The van der Waals surface area contributed by atoms with Crippen LogP contribution in [0.2, 0.25) is 0 Å². The van der Waals surface area contributed by atoms with Gasteiger partial charge >= 0.3 is 0 Å². The zero-order valence-corrected chi connectivity index (χ0v) is 13.0. The van der Waals surface area contributed by atoms with Gasteiger partial charge in [-0.3, -0.25) is 4.68 Å². The molecule has 2 heterocycles. The second-order valence-electron chi connectivity index (χ2n) is 5.10. The Morgan fingerprint density at radius 2 is 2.11 bits per heavy atom. The average molecular weight is 277 g/mol. The molecule has 1 N–H and O–H groups in total. The molecule has 0 saturated carbocycles. The van der Waals surface area contributed by atoms with E-state index in [0.717, 1.165) is 18.7 Å². The molecule has 0 saturated heterocycles. The van der Waals surface area contributed by atoms with Crippen molar-refractivity contribution in [3.8, 4) is 0 Å². The lowest BCUT2D eigenvalue weighted by Crippen LogP contribution is -2.17. The lowest BCUT2D eigenvalue weighted by molar-refractivity contribution is 0.468. The predicted octanol–water partition coefficient (Wildman–Crippen LogP) is 4.07. The summed E-state index contributed by atoms with van der Waals surface area (Å²) in [4.78, 5) is 2.75. The quantitative estimate of drug-likeness (QED) is 0.862. The van der Waals surface area contributed by atoms with Crippen LogP contribution in [0, 0.1) is 6.92 Å². The van der Waals surface area contributed by atoms with Crippen LogP contribution in [0.5, 0.6) is 0 Å². The van der Waals surface area contributed by atoms with Crippen LogP contribution < -0.4 is 5.32 Å². The first-order valence-corrected chi connectivity index (χ1v) is 7.75. The summed E-state index contributed by atoms with van der Waals surface area (Å²) in [5, 5.41) is 8.14. The van der Waals surface area contributed by atoms with E-state index in [0.29, 0.717) is 12.1 Å². The van der Waals surface area contributed by atoms with Crippen molar-refractivity contribution in [2.45, 2.75) is 52.7 Å². The van der Waals surface area contributed by atoms with Crippen LogP contribution in [0.15, 0.2) is 24.4 Å². The molecule has 3 nitrogen and oxygen atoms in total. The Kier molecular flexibility index (Phi) is 4.77. The van der Waals surface area contributed by atoms with Gasteiger partial charge in [0.1, 0.15) is 0 Å². The summed E-state index contributed by atoms with van der Waals surface area (Å²) >= 11 is 1.86. The maximum atomic E-state index is 4.61. The fraction of sp³-hybridized carbons (Fsp3) is 0.533. The monoisotopic (exact) mass is 277 g/mol. The van der Waals surface area contributed by atoms with Crippen molar-refractivity contribution in [2.24, 2.45) is 0 Å². The minimum atomic E-state index is 0.382. The number of thiophene rings is 1. The first-order valence-electron chi connectivity index (χ1n) is 6.94. The lowest BCUT2D eigenvalue weighted by Gasteiger charge is -2.11. The van der Waals surface area contributed by atoms with E-state index < -0.39 is 0 Å². The molecule has 2 aromatic rings. The van der Waals surface area contributed by atoms with Crippen molar-refractivity contribution in [2.75, 3.05) is 0 Å². The molecule has 0 aromatic carbocycles. The zero-order chi connectivity index (χ0) is 13.8. The smallest absolute Gasteiger partial charge is 0.0762 e. The highest BCUT2D eigenvalue weighted by molar-refractivity contribution is 7.12. The predicted molar refractivity (Wildman–Crippen MR) is 81.5 cm³/mol. The molecule has 0 amide bonds. The van der Waals surface area contributed by atoms with E-state index in [1.165, 1.54) is 9.75 Å². The molecule has 104 valence electrons. The second-order valence-corrected chi connectivity index (χ2v) is 6.41. The number of nitrogens with one attached hydrogen (secondary N) is 1. The van der Waals surface area contributed by atoms with Gasteiger partial charge in [0.15, 0.2) is 0 Å². The van der Waals surface area contributed by atoms with E-state index in [9.17, 15) is 0 Å². The number of aromatic nitrogens is 2. The Balaban J connectivity index is 1.90. The minimum Gasteiger partial charge on any atom is -0.304 e. The summed E-state index contributed by atoms with van der Waals surface area (Å²) in [6.45, 7) is 9.56. The van der Waals surface area contributed by atoms with E-state index in [-0.39, 0.29) is 0 Å². The third-order valence-electron chi connectivity index (χ3n) is 3.48. The van der Waals surface area contributed by atoms with Crippen molar-refractivity contribution in [1.82, 2.24) is 15.1 Å². The highest BCUT2D eigenvalue weighted by atomic mass is 32.1. The maximum Gasteiger partial charge on any atom is 0.0762 e. The molecule has 0 aliphatic heterocycles. The first-order chi connectivity index (χ1) is 9.10. The SMILES string of the molecule is CCC(C)n1ccc(CNC(C)c2ccc(C)s2)n1. The van der Waals surface area contributed by atoms with Crippen molar-refractivity contribution in [1.29, 1.82) is 0 Å². The number of nitrogens with zero attached hydrogens (tertiary/aromatic N) is 2. The van der Waals surface area contributed by atoms with Crippen LogP contribution in [0.1, 0.15) is 54.7 Å². The topological polar surface area (TPSA) is 29.9 Å². The van der Waals surface area contributed by atoms with Crippen molar-refractivity contribution in [3.05, 3.63) is 39.8 Å². The van der Waals surface area contributed by atoms with Gasteiger partial charge in [0.05, 0.1) is 5.69 Å². The number of hydrogen-bond acceptors (Lipinski definition) is 3. The van der Waals surface area contributed by atoms with E-state index >= 15 is 0 Å². The zero-order valence-electron chi connectivity index (χ0n) is 12.2. The molecule has 0 spiro atoms. The molecule has 2 rings (SSSR count). The molecular weight excluding hydrogens is 254 g/mol. The first kappa shape index (κ1) is 14.3. The van der Waals surface area contributed by atoms with E-state index in [1.54, 1.807) is 0 Å². The Bertz CT molecular complexity index is 515. The molecule has 2 atom stereocenters. The summed E-state index contributed by atoms with van der Waals surface area (Å²) < 4.78 is 2.05. The van der Waals surface area contributed by atoms with Gasteiger partial charge < -0.3 is 5.32 Å². The molecule has 4 heteroatoms. The molecule has 0 fully saturated rings. The molecule has 0 bridgehead atoms. The van der Waals surface area contributed by atoms with Crippen molar-refractivity contribution >= 4 is 11.3 Å². The van der Waals surface area contributed by atoms with E-state index in [2.05, 4.69) is 67.2 Å².